The molecular formula is C16H17N5O2. The second-order valence-electron chi connectivity index (χ2n) is 5.81. The van der Waals surface area contributed by atoms with Crippen LogP contribution in [0.3, 0.4) is 0 Å². The molecule has 0 bridgehead atoms. The Morgan fingerprint density at radius 2 is 2.26 bits per heavy atom. The van der Waals surface area contributed by atoms with Gasteiger partial charge in [0.15, 0.2) is 11.5 Å². The van der Waals surface area contributed by atoms with Gasteiger partial charge in [-0.1, -0.05) is 5.16 Å². The van der Waals surface area contributed by atoms with Gasteiger partial charge in [0.2, 0.25) is 5.91 Å². The second-order valence-corrected chi connectivity index (χ2v) is 5.81. The van der Waals surface area contributed by atoms with Crippen LogP contribution in [0.15, 0.2) is 22.9 Å². The molecule has 1 N–H and O–H groups in total. The SMILES string of the molecule is Cc1nn(CC(=O)Nc2noc3c2CCCC3)c2ncccc12. The third-order valence-corrected chi connectivity index (χ3v) is 4.19. The van der Waals surface area contributed by atoms with Crippen LogP contribution in [-0.2, 0) is 24.2 Å². The van der Waals surface area contributed by atoms with Crippen molar-refractivity contribution < 1.29 is 9.32 Å². The first-order chi connectivity index (χ1) is 11.2. The highest BCUT2D eigenvalue weighted by molar-refractivity contribution is 5.91. The van der Waals surface area contributed by atoms with E-state index in [2.05, 4.69) is 20.6 Å². The van der Waals surface area contributed by atoms with Crippen LogP contribution in [-0.4, -0.2) is 25.8 Å². The van der Waals surface area contributed by atoms with Gasteiger partial charge in [0.25, 0.3) is 0 Å². The number of carbonyl (C=O) groups excluding carboxylic acids is 1. The molecular weight excluding hydrogens is 294 g/mol. The van der Waals surface area contributed by atoms with E-state index in [4.69, 9.17) is 4.52 Å². The van der Waals surface area contributed by atoms with Crippen molar-refractivity contribution in [1.82, 2.24) is 19.9 Å². The fourth-order valence-corrected chi connectivity index (χ4v) is 3.07. The molecule has 7 heteroatoms. The average Bonchev–Trinajstić information content (AvgIpc) is 3.10. The predicted molar refractivity (Wildman–Crippen MR) is 84.0 cm³/mol. The summed E-state index contributed by atoms with van der Waals surface area (Å²) >= 11 is 0. The maximum atomic E-state index is 12.3. The third kappa shape index (κ3) is 2.48. The van der Waals surface area contributed by atoms with Crippen molar-refractivity contribution in [3.05, 3.63) is 35.3 Å². The maximum Gasteiger partial charge on any atom is 0.247 e. The van der Waals surface area contributed by atoms with Gasteiger partial charge < -0.3 is 9.84 Å². The lowest BCUT2D eigenvalue weighted by molar-refractivity contribution is -0.116. The number of fused-ring (bicyclic) bond motifs is 2. The molecule has 23 heavy (non-hydrogen) atoms. The summed E-state index contributed by atoms with van der Waals surface area (Å²) in [5, 5.41) is 12.2. The molecule has 0 saturated carbocycles. The Morgan fingerprint density at radius 3 is 3.17 bits per heavy atom. The number of aryl methyl sites for hydroxylation is 2. The van der Waals surface area contributed by atoms with E-state index in [1.165, 1.54) is 0 Å². The van der Waals surface area contributed by atoms with Gasteiger partial charge >= 0.3 is 0 Å². The first kappa shape index (κ1) is 13.9. The number of hydrogen-bond acceptors (Lipinski definition) is 5. The summed E-state index contributed by atoms with van der Waals surface area (Å²) < 4.78 is 6.93. The molecule has 7 nitrogen and oxygen atoms in total. The number of hydrogen-bond donors (Lipinski definition) is 1. The van der Waals surface area contributed by atoms with Crippen LogP contribution in [0.25, 0.3) is 11.0 Å². The summed E-state index contributed by atoms with van der Waals surface area (Å²) in [5.74, 6) is 1.26. The monoisotopic (exact) mass is 311 g/mol. The van der Waals surface area contributed by atoms with E-state index in [0.717, 1.165) is 48.1 Å². The van der Waals surface area contributed by atoms with Crippen molar-refractivity contribution in [2.75, 3.05) is 5.32 Å². The molecule has 4 rings (SSSR count). The number of aromatic nitrogens is 4. The smallest absolute Gasteiger partial charge is 0.247 e. The van der Waals surface area contributed by atoms with Crippen LogP contribution < -0.4 is 5.32 Å². The van der Waals surface area contributed by atoms with Crippen LogP contribution in [0, 0.1) is 6.92 Å². The molecule has 3 aromatic heterocycles. The Morgan fingerprint density at radius 1 is 1.39 bits per heavy atom. The van der Waals surface area contributed by atoms with Crippen LogP contribution in [0.4, 0.5) is 5.82 Å². The fourth-order valence-electron chi connectivity index (χ4n) is 3.07. The molecule has 0 atom stereocenters. The van der Waals surface area contributed by atoms with E-state index in [1.807, 2.05) is 19.1 Å². The molecule has 1 aliphatic rings. The quantitative estimate of drug-likeness (QED) is 0.801. The van der Waals surface area contributed by atoms with Crippen molar-refractivity contribution in [2.45, 2.75) is 39.2 Å². The number of rotatable bonds is 3. The minimum absolute atomic E-state index is 0.100. The Kier molecular flexibility index (Phi) is 3.33. The second kappa shape index (κ2) is 5.49. The summed E-state index contributed by atoms with van der Waals surface area (Å²) in [6, 6.07) is 3.82. The van der Waals surface area contributed by atoms with Gasteiger partial charge in [-0.05, 0) is 38.3 Å². The van der Waals surface area contributed by atoms with Crippen LogP contribution in [0.1, 0.15) is 29.9 Å². The van der Waals surface area contributed by atoms with E-state index in [-0.39, 0.29) is 12.5 Å². The zero-order chi connectivity index (χ0) is 15.8. The van der Waals surface area contributed by atoms with Crippen molar-refractivity contribution in [3.8, 4) is 0 Å². The van der Waals surface area contributed by atoms with E-state index < -0.39 is 0 Å². The molecule has 0 aliphatic heterocycles. The highest BCUT2D eigenvalue weighted by Crippen LogP contribution is 2.27. The van der Waals surface area contributed by atoms with E-state index in [1.54, 1.807) is 10.9 Å². The number of pyridine rings is 1. The molecule has 0 saturated heterocycles. The van der Waals surface area contributed by atoms with Gasteiger partial charge in [-0.3, -0.25) is 4.79 Å². The normalized spacial score (nSPS) is 14.0. The van der Waals surface area contributed by atoms with Crippen molar-refractivity contribution in [1.29, 1.82) is 0 Å². The van der Waals surface area contributed by atoms with Gasteiger partial charge in [0.1, 0.15) is 12.3 Å². The highest BCUT2D eigenvalue weighted by Gasteiger charge is 2.21. The largest absolute Gasteiger partial charge is 0.359 e. The maximum absolute atomic E-state index is 12.3. The summed E-state index contributed by atoms with van der Waals surface area (Å²) in [5.41, 5.74) is 2.60. The fraction of sp³-hybridized carbons (Fsp3) is 0.375. The Balaban J connectivity index is 1.55. The van der Waals surface area contributed by atoms with Crippen LogP contribution in [0.2, 0.25) is 0 Å². The molecule has 3 aromatic rings. The Labute approximate surface area is 132 Å². The van der Waals surface area contributed by atoms with Gasteiger partial charge in [-0.25, -0.2) is 9.67 Å². The van der Waals surface area contributed by atoms with Gasteiger partial charge in [-0.2, -0.15) is 5.10 Å². The minimum atomic E-state index is -0.179. The molecule has 0 aromatic carbocycles. The number of anilines is 1. The zero-order valence-corrected chi connectivity index (χ0v) is 12.9. The van der Waals surface area contributed by atoms with Crippen LogP contribution >= 0.6 is 0 Å². The van der Waals surface area contributed by atoms with Gasteiger partial charge in [0.05, 0.1) is 5.69 Å². The minimum Gasteiger partial charge on any atom is -0.359 e. The summed E-state index contributed by atoms with van der Waals surface area (Å²) in [7, 11) is 0. The van der Waals surface area contributed by atoms with Crippen molar-refractivity contribution in [3.63, 3.8) is 0 Å². The zero-order valence-electron chi connectivity index (χ0n) is 12.9. The lowest BCUT2D eigenvalue weighted by Gasteiger charge is -2.09. The standard InChI is InChI=1S/C16H17N5O2/c1-10-11-6-4-8-17-16(11)21(19-10)9-14(22)18-15-12-5-2-3-7-13(12)23-20-15/h4,6,8H,2-3,5,7,9H2,1H3,(H,18,20,22). The number of nitrogens with zero attached hydrogens (tertiary/aromatic N) is 4. The summed E-state index contributed by atoms with van der Waals surface area (Å²) in [4.78, 5) is 16.6. The molecule has 3 heterocycles. The lowest BCUT2D eigenvalue weighted by Crippen LogP contribution is -2.21. The first-order valence-corrected chi connectivity index (χ1v) is 7.78. The molecule has 0 spiro atoms. The third-order valence-electron chi connectivity index (χ3n) is 4.19. The van der Waals surface area contributed by atoms with Gasteiger partial charge in [0, 0.05) is 23.6 Å². The van der Waals surface area contributed by atoms with E-state index >= 15 is 0 Å². The summed E-state index contributed by atoms with van der Waals surface area (Å²) in [6.07, 6.45) is 5.71. The number of nitrogens with one attached hydrogen (secondary N) is 1. The highest BCUT2D eigenvalue weighted by atomic mass is 16.5. The molecule has 1 amide bonds. The molecule has 0 unspecified atom stereocenters. The average molecular weight is 311 g/mol. The van der Waals surface area contributed by atoms with Crippen LogP contribution in [0.5, 0.6) is 0 Å². The Bertz CT molecular complexity index is 880. The predicted octanol–water partition coefficient (Wildman–Crippen LogP) is 2.25. The number of carbonyl (C=O) groups is 1. The topological polar surface area (TPSA) is 85.8 Å². The van der Waals surface area contributed by atoms with Gasteiger partial charge in [-0.15, -0.1) is 0 Å². The molecule has 0 radical (unpaired) electrons. The van der Waals surface area contributed by atoms with E-state index in [9.17, 15) is 4.79 Å². The van der Waals surface area contributed by atoms with E-state index in [0.29, 0.717) is 11.5 Å². The first-order valence-electron chi connectivity index (χ1n) is 7.78. The summed E-state index contributed by atoms with van der Waals surface area (Å²) in [6.45, 7) is 2.01. The number of amides is 1. The molecule has 118 valence electrons. The lowest BCUT2D eigenvalue weighted by atomic mass is 9.98. The van der Waals surface area contributed by atoms with Crippen molar-refractivity contribution in [2.24, 2.45) is 0 Å². The van der Waals surface area contributed by atoms with Crippen molar-refractivity contribution >= 4 is 22.8 Å². The molecule has 1 aliphatic carbocycles. The Hall–Kier alpha value is -2.70. The molecule has 0 fully saturated rings.